The van der Waals surface area contributed by atoms with Crippen molar-refractivity contribution in [3.05, 3.63) is 12.5 Å². The van der Waals surface area contributed by atoms with Crippen LogP contribution in [-0.2, 0) is 10.2 Å². The lowest BCUT2D eigenvalue weighted by Gasteiger charge is -2.36. The topological polar surface area (TPSA) is 98.3 Å². The van der Waals surface area contributed by atoms with Crippen LogP contribution >= 0.6 is 0 Å². The largest absolute Gasteiger partial charge is 0.353 e. The molecular formula is C13H21N7O2S. The Morgan fingerprint density at radius 2 is 1.87 bits per heavy atom. The van der Waals surface area contributed by atoms with Crippen molar-refractivity contribution in [3.8, 4) is 0 Å². The quantitative estimate of drug-likeness (QED) is 0.827. The first kappa shape index (κ1) is 16.1. The van der Waals surface area contributed by atoms with Gasteiger partial charge in [0, 0.05) is 39.3 Å². The molecule has 0 bridgehead atoms. The van der Waals surface area contributed by atoms with Crippen molar-refractivity contribution in [1.82, 2.24) is 28.8 Å². The average Bonchev–Trinajstić information content (AvgIpc) is 3.04. The van der Waals surface area contributed by atoms with E-state index in [0.717, 1.165) is 11.2 Å². The summed E-state index contributed by atoms with van der Waals surface area (Å²) >= 11 is 0. The van der Waals surface area contributed by atoms with Gasteiger partial charge in [0.25, 0.3) is 10.2 Å². The molecule has 0 unspecified atom stereocenters. The maximum Gasteiger partial charge on any atom is 0.282 e. The predicted octanol–water partition coefficient (Wildman–Crippen LogP) is 0.0615. The van der Waals surface area contributed by atoms with Crippen LogP contribution in [0.1, 0.15) is 13.8 Å². The van der Waals surface area contributed by atoms with Crippen molar-refractivity contribution in [1.29, 1.82) is 0 Å². The molecule has 1 fully saturated rings. The van der Waals surface area contributed by atoms with Crippen LogP contribution in [0.15, 0.2) is 12.5 Å². The summed E-state index contributed by atoms with van der Waals surface area (Å²) in [6.07, 6.45) is 3.19. The second-order valence-corrected chi connectivity index (χ2v) is 7.24. The van der Waals surface area contributed by atoms with E-state index < -0.39 is 10.2 Å². The number of nitrogens with zero attached hydrogens (tertiary/aromatic N) is 6. The predicted molar refractivity (Wildman–Crippen MR) is 87.3 cm³/mol. The van der Waals surface area contributed by atoms with Gasteiger partial charge >= 0.3 is 0 Å². The Labute approximate surface area is 135 Å². The van der Waals surface area contributed by atoms with Crippen LogP contribution < -0.4 is 4.90 Å². The van der Waals surface area contributed by atoms with Crippen molar-refractivity contribution in [3.63, 3.8) is 0 Å². The molecule has 3 rings (SSSR count). The molecule has 0 aromatic carbocycles. The van der Waals surface area contributed by atoms with Crippen molar-refractivity contribution >= 4 is 27.1 Å². The number of aromatic amines is 1. The normalized spacial score (nSPS) is 17.3. The van der Waals surface area contributed by atoms with Gasteiger partial charge in [0.15, 0.2) is 5.65 Å². The second kappa shape index (κ2) is 6.38. The van der Waals surface area contributed by atoms with Crippen molar-refractivity contribution in [2.75, 3.05) is 44.2 Å². The lowest BCUT2D eigenvalue weighted by molar-refractivity contribution is 0.334. The Morgan fingerprint density at radius 1 is 1.17 bits per heavy atom. The van der Waals surface area contributed by atoms with E-state index in [1.54, 1.807) is 10.5 Å². The molecule has 1 aliphatic heterocycles. The molecule has 1 aliphatic rings. The molecule has 9 nitrogen and oxygen atoms in total. The summed E-state index contributed by atoms with van der Waals surface area (Å²) in [6.45, 7) is 6.77. The Bertz CT molecular complexity index is 763. The van der Waals surface area contributed by atoms with Crippen LogP contribution in [0.25, 0.3) is 11.0 Å². The molecule has 0 radical (unpaired) electrons. The minimum atomic E-state index is -3.37. The lowest BCUT2D eigenvalue weighted by atomic mass is 10.3. The van der Waals surface area contributed by atoms with E-state index in [9.17, 15) is 8.42 Å². The number of aromatic nitrogens is 4. The monoisotopic (exact) mass is 339 g/mol. The van der Waals surface area contributed by atoms with Gasteiger partial charge in [0.05, 0.1) is 11.6 Å². The molecule has 2 aromatic heterocycles. The van der Waals surface area contributed by atoms with Gasteiger partial charge in [-0.15, -0.1) is 0 Å². The molecule has 0 aliphatic carbocycles. The number of anilines is 1. The van der Waals surface area contributed by atoms with Crippen LogP contribution in [0.3, 0.4) is 0 Å². The zero-order chi connectivity index (χ0) is 16.4. The first-order chi connectivity index (χ1) is 11.1. The van der Waals surface area contributed by atoms with Gasteiger partial charge in [-0.1, -0.05) is 13.8 Å². The highest BCUT2D eigenvalue weighted by atomic mass is 32.2. The van der Waals surface area contributed by atoms with E-state index >= 15 is 0 Å². The number of rotatable bonds is 5. The second-order valence-electron chi connectivity index (χ2n) is 5.31. The molecule has 2 aromatic rings. The van der Waals surface area contributed by atoms with E-state index in [1.165, 1.54) is 10.6 Å². The maximum absolute atomic E-state index is 12.6. The lowest BCUT2D eigenvalue weighted by Crippen LogP contribution is -2.53. The van der Waals surface area contributed by atoms with Gasteiger partial charge in [-0.2, -0.15) is 22.1 Å². The first-order valence-corrected chi connectivity index (χ1v) is 9.11. The SMILES string of the molecule is CCN(CC)S(=O)(=O)N1CCN(c2ncnc3[nH]ncc23)CC1. The van der Waals surface area contributed by atoms with Crippen LogP contribution in [0, 0.1) is 0 Å². The van der Waals surface area contributed by atoms with Crippen molar-refractivity contribution in [2.24, 2.45) is 0 Å². The molecule has 0 saturated carbocycles. The fourth-order valence-electron chi connectivity index (χ4n) is 2.85. The maximum atomic E-state index is 12.6. The number of H-pyrrole nitrogens is 1. The molecule has 1 saturated heterocycles. The third kappa shape index (κ3) is 2.89. The van der Waals surface area contributed by atoms with Gasteiger partial charge in [-0.3, -0.25) is 5.10 Å². The third-order valence-electron chi connectivity index (χ3n) is 4.12. The van der Waals surface area contributed by atoms with Gasteiger partial charge in [0.1, 0.15) is 12.1 Å². The highest BCUT2D eigenvalue weighted by Crippen LogP contribution is 2.23. The smallest absolute Gasteiger partial charge is 0.282 e. The standard InChI is InChI=1S/C13H21N7O2S/c1-3-19(4-2)23(21,22)20-7-5-18(6-8-20)13-11-9-16-17-12(11)14-10-15-13/h9-10H,3-8H2,1-2H3,(H,14,15,16,17). The molecule has 0 amide bonds. The van der Waals surface area contributed by atoms with Gasteiger partial charge in [0.2, 0.25) is 0 Å². The molecule has 126 valence electrons. The molecule has 0 atom stereocenters. The van der Waals surface area contributed by atoms with E-state index in [1.807, 2.05) is 13.8 Å². The summed E-state index contributed by atoms with van der Waals surface area (Å²) in [5, 5.41) is 7.66. The molecule has 10 heteroatoms. The summed E-state index contributed by atoms with van der Waals surface area (Å²) in [6, 6.07) is 0. The fourth-order valence-corrected chi connectivity index (χ4v) is 4.45. The van der Waals surface area contributed by atoms with E-state index in [4.69, 9.17) is 0 Å². The molecule has 0 spiro atoms. The Balaban J connectivity index is 1.75. The molecule has 3 heterocycles. The number of piperazine rings is 1. The summed E-state index contributed by atoms with van der Waals surface area (Å²) in [4.78, 5) is 10.5. The van der Waals surface area contributed by atoms with Crippen LogP contribution in [0.5, 0.6) is 0 Å². The van der Waals surface area contributed by atoms with Crippen LogP contribution in [0.4, 0.5) is 5.82 Å². The summed E-state index contributed by atoms with van der Waals surface area (Å²) in [7, 11) is -3.37. The number of fused-ring (bicyclic) bond motifs is 1. The summed E-state index contributed by atoms with van der Waals surface area (Å²) in [5.74, 6) is 0.795. The van der Waals surface area contributed by atoms with Crippen LogP contribution in [0.2, 0.25) is 0 Å². The Hall–Kier alpha value is -1.78. The number of hydrogen-bond acceptors (Lipinski definition) is 6. The van der Waals surface area contributed by atoms with Crippen molar-refractivity contribution < 1.29 is 8.42 Å². The minimum absolute atomic E-state index is 0.447. The molecule has 1 N–H and O–H groups in total. The van der Waals surface area contributed by atoms with Gasteiger partial charge in [-0.05, 0) is 0 Å². The highest BCUT2D eigenvalue weighted by Gasteiger charge is 2.31. The number of nitrogens with one attached hydrogen (secondary N) is 1. The number of hydrogen-bond donors (Lipinski definition) is 1. The summed E-state index contributed by atoms with van der Waals surface area (Å²) < 4.78 is 28.1. The van der Waals surface area contributed by atoms with Gasteiger partial charge < -0.3 is 4.90 Å². The van der Waals surface area contributed by atoms with E-state index in [0.29, 0.717) is 44.9 Å². The Morgan fingerprint density at radius 3 is 2.52 bits per heavy atom. The van der Waals surface area contributed by atoms with Gasteiger partial charge in [-0.25, -0.2) is 9.97 Å². The fraction of sp³-hybridized carbons (Fsp3) is 0.615. The highest BCUT2D eigenvalue weighted by molar-refractivity contribution is 7.86. The molecular weight excluding hydrogens is 318 g/mol. The Kier molecular flexibility index (Phi) is 4.46. The third-order valence-corrected chi connectivity index (χ3v) is 6.31. The van der Waals surface area contributed by atoms with E-state index in [2.05, 4.69) is 25.1 Å². The first-order valence-electron chi connectivity index (χ1n) is 7.72. The average molecular weight is 339 g/mol. The summed E-state index contributed by atoms with van der Waals surface area (Å²) in [5.41, 5.74) is 0.688. The minimum Gasteiger partial charge on any atom is -0.353 e. The zero-order valence-electron chi connectivity index (χ0n) is 13.3. The zero-order valence-corrected chi connectivity index (χ0v) is 14.1. The van der Waals surface area contributed by atoms with E-state index in [-0.39, 0.29) is 0 Å². The molecule has 23 heavy (non-hydrogen) atoms. The van der Waals surface area contributed by atoms with Crippen molar-refractivity contribution in [2.45, 2.75) is 13.8 Å². The van der Waals surface area contributed by atoms with Crippen LogP contribution in [-0.4, -0.2) is 76.5 Å².